The number of sulfone groups is 1. The van der Waals surface area contributed by atoms with Crippen molar-refractivity contribution in [1.82, 2.24) is 19.8 Å². The predicted octanol–water partition coefficient (Wildman–Crippen LogP) is 5.09. The van der Waals surface area contributed by atoms with Gasteiger partial charge in [-0.2, -0.15) is 0 Å². The Morgan fingerprint density at radius 3 is 2.19 bits per heavy atom. The maximum absolute atomic E-state index is 15.3. The van der Waals surface area contributed by atoms with Gasteiger partial charge in [-0.1, -0.05) is 0 Å². The first-order valence-electron chi connectivity index (χ1n) is 12.7. The van der Waals surface area contributed by atoms with Crippen LogP contribution in [0.5, 0.6) is 0 Å². The summed E-state index contributed by atoms with van der Waals surface area (Å²) in [6, 6.07) is 12.3. The van der Waals surface area contributed by atoms with Gasteiger partial charge in [0.15, 0.2) is 9.84 Å². The van der Waals surface area contributed by atoms with E-state index < -0.39 is 9.84 Å². The second kappa shape index (κ2) is 10.8. The highest BCUT2D eigenvalue weighted by atomic mass is 35.5. The fraction of sp³-hybridized carbons (Fsp3) is 0.519. The van der Waals surface area contributed by atoms with Crippen LogP contribution in [0.15, 0.2) is 41.3 Å². The monoisotopic (exact) mass is 568 g/mol. The molecule has 4 heterocycles. The van der Waals surface area contributed by atoms with Gasteiger partial charge in [0.05, 0.1) is 15.9 Å². The number of imidazole rings is 1. The first-order valence-corrected chi connectivity index (χ1v) is 14.6. The van der Waals surface area contributed by atoms with Crippen LogP contribution in [0.2, 0.25) is 0 Å². The zero-order valence-corrected chi connectivity index (χ0v) is 23.6. The van der Waals surface area contributed by atoms with Crippen LogP contribution in [0.1, 0.15) is 50.0 Å². The fourth-order valence-corrected chi connectivity index (χ4v) is 7.18. The molecule has 202 valence electrons. The number of hydrogen-bond donors (Lipinski definition) is 1. The lowest BCUT2D eigenvalue weighted by molar-refractivity contribution is 0.110. The van der Waals surface area contributed by atoms with Gasteiger partial charge in [0.25, 0.3) is 0 Å². The maximum Gasteiger partial charge on any atom is 0.175 e. The number of likely N-dealkylation sites (tertiary alicyclic amines) is 1. The molecular weight excluding hydrogens is 534 g/mol. The number of piperidine rings is 2. The van der Waals surface area contributed by atoms with Crippen LogP contribution in [0.3, 0.4) is 0 Å². The quantitative estimate of drug-likeness (QED) is 0.475. The van der Waals surface area contributed by atoms with Crippen molar-refractivity contribution < 1.29 is 12.8 Å². The Balaban J connectivity index is 0.00000160. The molecule has 0 aliphatic carbocycles. The molecule has 3 aliphatic heterocycles. The number of nitrogens with one attached hydrogen (secondary N) is 1. The minimum atomic E-state index is -3.26. The molecule has 0 amide bonds. The van der Waals surface area contributed by atoms with Gasteiger partial charge >= 0.3 is 0 Å². The summed E-state index contributed by atoms with van der Waals surface area (Å²) in [5.41, 5.74) is 3.11. The SMILES string of the molecule is Cl.Cl.Cn1c(-c2ccc(S(C)(=O)=O)cc2)nc2cc(C3CCN(C4CC5CCC(C4)N5)CC3)c(F)cc21. The predicted molar refractivity (Wildman–Crippen MR) is 150 cm³/mol. The number of halogens is 3. The summed E-state index contributed by atoms with van der Waals surface area (Å²) in [4.78, 5) is 7.74. The van der Waals surface area contributed by atoms with E-state index in [1.165, 1.54) is 31.9 Å². The Morgan fingerprint density at radius 1 is 0.973 bits per heavy atom. The van der Waals surface area contributed by atoms with E-state index >= 15 is 4.39 Å². The molecule has 1 aromatic heterocycles. The maximum atomic E-state index is 15.3. The number of hydrogen-bond acceptors (Lipinski definition) is 5. The molecule has 2 aromatic carbocycles. The van der Waals surface area contributed by atoms with E-state index in [0.29, 0.717) is 23.9 Å². The molecule has 3 aromatic rings. The van der Waals surface area contributed by atoms with E-state index in [-0.39, 0.29) is 41.4 Å². The fourth-order valence-electron chi connectivity index (χ4n) is 6.55. The van der Waals surface area contributed by atoms with Crippen molar-refractivity contribution in [1.29, 1.82) is 0 Å². The molecule has 2 bridgehead atoms. The van der Waals surface area contributed by atoms with Gasteiger partial charge in [0, 0.05) is 43.1 Å². The van der Waals surface area contributed by atoms with Crippen molar-refractivity contribution in [3.8, 4) is 11.4 Å². The van der Waals surface area contributed by atoms with Gasteiger partial charge in [0.1, 0.15) is 11.6 Å². The van der Waals surface area contributed by atoms with Crippen LogP contribution in [0.25, 0.3) is 22.4 Å². The third-order valence-electron chi connectivity index (χ3n) is 8.47. The van der Waals surface area contributed by atoms with Gasteiger partial charge < -0.3 is 14.8 Å². The Morgan fingerprint density at radius 2 is 1.59 bits per heavy atom. The summed E-state index contributed by atoms with van der Waals surface area (Å²) in [5.74, 6) is 0.762. The van der Waals surface area contributed by atoms with Crippen LogP contribution in [0.4, 0.5) is 4.39 Å². The standard InChI is InChI=1S/C27H33FN4O2S.2ClH/c1-31-26-16-24(28)23(15-25(26)30-27(31)18-3-7-22(8-4-18)35(2,33)34)17-9-11-32(12-10-17)21-13-19-5-6-20(14-21)29-19;;/h3-4,7-8,15-17,19-21,29H,5-6,9-14H2,1-2H3;2*1H. The van der Waals surface area contributed by atoms with Crippen molar-refractivity contribution in [2.75, 3.05) is 19.3 Å². The van der Waals surface area contributed by atoms with Crippen LogP contribution in [-0.2, 0) is 16.9 Å². The highest BCUT2D eigenvalue weighted by Gasteiger charge is 2.37. The average molecular weight is 570 g/mol. The number of rotatable bonds is 4. The molecule has 6 rings (SSSR count). The van der Waals surface area contributed by atoms with Gasteiger partial charge in [-0.25, -0.2) is 17.8 Å². The van der Waals surface area contributed by atoms with Crippen molar-refractivity contribution in [2.24, 2.45) is 7.05 Å². The van der Waals surface area contributed by atoms with Crippen molar-refractivity contribution in [3.05, 3.63) is 47.8 Å². The number of fused-ring (bicyclic) bond motifs is 3. The van der Waals surface area contributed by atoms with Crippen LogP contribution >= 0.6 is 24.8 Å². The molecule has 0 spiro atoms. The van der Waals surface area contributed by atoms with Crippen molar-refractivity contribution in [3.63, 3.8) is 0 Å². The molecule has 2 unspecified atom stereocenters. The molecule has 37 heavy (non-hydrogen) atoms. The van der Waals surface area contributed by atoms with E-state index in [0.717, 1.165) is 48.1 Å². The largest absolute Gasteiger partial charge is 0.327 e. The highest BCUT2D eigenvalue weighted by molar-refractivity contribution is 7.90. The molecule has 3 saturated heterocycles. The second-order valence-electron chi connectivity index (χ2n) is 10.7. The van der Waals surface area contributed by atoms with Gasteiger partial charge in [0.2, 0.25) is 0 Å². The van der Waals surface area contributed by atoms with Crippen molar-refractivity contribution >= 4 is 45.7 Å². The first-order chi connectivity index (χ1) is 16.8. The summed E-state index contributed by atoms with van der Waals surface area (Å²) in [6.07, 6.45) is 8.30. The van der Waals surface area contributed by atoms with Crippen molar-refractivity contribution in [2.45, 2.75) is 67.5 Å². The molecule has 3 fully saturated rings. The Bertz CT molecular complexity index is 1360. The molecule has 0 saturated carbocycles. The minimum absolute atomic E-state index is 0. The lowest BCUT2D eigenvalue weighted by Gasteiger charge is -2.41. The Kier molecular flexibility index (Phi) is 8.27. The minimum Gasteiger partial charge on any atom is -0.327 e. The normalized spacial score (nSPS) is 24.6. The molecule has 10 heteroatoms. The summed E-state index contributed by atoms with van der Waals surface area (Å²) in [6.45, 7) is 2.07. The van der Waals surface area contributed by atoms with E-state index in [1.807, 2.05) is 17.7 Å². The number of aryl methyl sites for hydroxylation is 1. The molecule has 3 aliphatic rings. The number of aromatic nitrogens is 2. The topological polar surface area (TPSA) is 67.2 Å². The number of benzene rings is 2. The lowest BCUT2D eigenvalue weighted by atomic mass is 9.87. The molecular formula is C27H35Cl2FN4O2S. The zero-order valence-electron chi connectivity index (χ0n) is 21.2. The molecule has 2 atom stereocenters. The molecule has 6 nitrogen and oxygen atoms in total. The average Bonchev–Trinajstić information content (AvgIpc) is 3.35. The Labute approximate surface area is 230 Å². The third kappa shape index (κ3) is 5.41. The van der Waals surface area contributed by atoms with Crippen LogP contribution < -0.4 is 5.32 Å². The highest BCUT2D eigenvalue weighted by Crippen LogP contribution is 2.37. The summed E-state index contributed by atoms with van der Waals surface area (Å²) in [5, 5.41) is 3.73. The van der Waals surface area contributed by atoms with E-state index in [1.54, 1.807) is 30.3 Å². The summed E-state index contributed by atoms with van der Waals surface area (Å²) < 4.78 is 40.8. The molecule has 0 radical (unpaired) electrons. The van der Waals surface area contributed by atoms with Gasteiger partial charge in [-0.3, -0.25) is 0 Å². The second-order valence-corrected chi connectivity index (χ2v) is 12.7. The van der Waals surface area contributed by atoms with Gasteiger partial charge in [-0.05, 0) is 93.4 Å². The van der Waals surface area contributed by atoms with E-state index in [9.17, 15) is 8.42 Å². The molecule has 1 N–H and O–H groups in total. The summed E-state index contributed by atoms with van der Waals surface area (Å²) in [7, 11) is -1.38. The van der Waals surface area contributed by atoms with Crippen LogP contribution in [-0.4, -0.2) is 60.3 Å². The zero-order chi connectivity index (χ0) is 24.3. The van der Waals surface area contributed by atoms with Crippen LogP contribution in [0, 0.1) is 5.82 Å². The lowest BCUT2D eigenvalue weighted by Crippen LogP contribution is -2.50. The third-order valence-corrected chi connectivity index (χ3v) is 9.60. The Hall–Kier alpha value is -1.71. The van der Waals surface area contributed by atoms with Gasteiger partial charge in [-0.15, -0.1) is 24.8 Å². The van der Waals surface area contributed by atoms with E-state index in [2.05, 4.69) is 10.2 Å². The smallest absolute Gasteiger partial charge is 0.175 e. The first kappa shape index (κ1) is 28.3. The van der Waals surface area contributed by atoms with E-state index in [4.69, 9.17) is 4.98 Å². The number of nitrogens with zero attached hydrogens (tertiary/aromatic N) is 3. The summed E-state index contributed by atoms with van der Waals surface area (Å²) >= 11 is 0.